The summed E-state index contributed by atoms with van der Waals surface area (Å²) in [7, 11) is -3.00. The lowest BCUT2D eigenvalue weighted by Crippen LogP contribution is -2.54. The van der Waals surface area contributed by atoms with Gasteiger partial charge in [-0.25, -0.2) is 8.42 Å². The molecule has 2 heterocycles. The Morgan fingerprint density at radius 2 is 1.55 bits per heavy atom. The van der Waals surface area contributed by atoms with E-state index in [1.165, 1.54) is 25.9 Å². The van der Waals surface area contributed by atoms with E-state index in [-0.39, 0.29) is 5.75 Å². The zero-order valence-electron chi connectivity index (χ0n) is 13.1. The maximum Gasteiger partial charge on any atom is 0.213 e. The van der Waals surface area contributed by atoms with Crippen LogP contribution in [0.2, 0.25) is 0 Å². The van der Waals surface area contributed by atoms with Gasteiger partial charge >= 0.3 is 0 Å². The van der Waals surface area contributed by atoms with Crippen molar-refractivity contribution in [3.05, 3.63) is 0 Å². The summed E-state index contributed by atoms with van der Waals surface area (Å²) in [5, 5.41) is 0. The van der Waals surface area contributed by atoms with Crippen LogP contribution in [-0.4, -0.2) is 79.6 Å². The Hall–Kier alpha value is -0.170. The largest absolute Gasteiger partial charge is 0.301 e. The summed E-state index contributed by atoms with van der Waals surface area (Å²) in [6.07, 6.45) is 2.44. The summed E-state index contributed by atoms with van der Waals surface area (Å²) in [6.45, 7) is 11.7. The number of hydrogen-bond donors (Lipinski definition) is 0. The Bertz CT molecular complexity index is 395. The standard InChI is InChI=1S/C14H29N3O2S/c1-4-20(18,19)17-11-9-16(10-12-17)14-5-7-15(8-6-14)13(2)3/h13-14H,4-12H2,1-3H3. The third kappa shape index (κ3) is 3.72. The second-order valence-electron chi connectivity index (χ2n) is 6.20. The van der Waals surface area contributed by atoms with Crippen LogP contribution in [0.15, 0.2) is 0 Å². The second-order valence-corrected chi connectivity index (χ2v) is 8.45. The predicted octanol–water partition coefficient (Wildman–Crippen LogP) is 0.827. The molecule has 0 bridgehead atoms. The Labute approximate surface area is 124 Å². The highest BCUT2D eigenvalue weighted by Gasteiger charge is 2.31. The van der Waals surface area contributed by atoms with Crippen LogP contribution in [0.5, 0.6) is 0 Å². The molecule has 0 N–H and O–H groups in total. The highest BCUT2D eigenvalue weighted by molar-refractivity contribution is 7.89. The summed E-state index contributed by atoms with van der Waals surface area (Å²) in [5.41, 5.74) is 0. The van der Waals surface area contributed by atoms with Gasteiger partial charge < -0.3 is 4.90 Å². The predicted molar refractivity (Wildman–Crippen MR) is 82.3 cm³/mol. The van der Waals surface area contributed by atoms with Crippen molar-refractivity contribution in [3.8, 4) is 0 Å². The fourth-order valence-corrected chi connectivity index (χ4v) is 4.38. The average Bonchev–Trinajstić information content (AvgIpc) is 2.47. The topological polar surface area (TPSA) is 43.9 Å². The third-order valence-electron chi connectivity index (χ3n) is 4.78. The monoisotopic (exact) mass is 303 g/mol. The van der Waals surface area contributed by atoms with Gasteiger partial charge in [0.2, 0.25) is 10.0 Å². The van der Waals surface area contributed by atoms with Crippen molar-refractivity contribution in [2.24, 2.45) is 0 Å². The maximum absolute atomic E-state index is 11.9. The Morgan fingerprint density at radius 3 is 2.00 bits per heavy atom. The summed E-state index contributed by atoms with van der Waals surface area (Å²) in [4.78, 5) is 5.04. The van der Waals surface area contributed by atoms with Gasteiger partial charge in [0, 0.05) is 38.3 Å². The van der Waals surface area contributed by atoms with Crippen molar-refractivity contribution >= 4 is 10.0 Å². The van der Waals surface area contributed by atoms with E-state index < -0.39 is 10.0 Å². The highest BCUT2D eigenvalue weighted by Crippen LogP contribution is 2.20. The van der Waals surface area contributed by atoms with Gasteiger partial charge in [-0.1, -0.05) is 0 Å². The second kappa shape index (κ2) is 6.73. The van der Waals surface area contributed by atoms with E-state index in [1.54, 1.807) is 11.2 Å². The fourth-order valence-electron chi connectivity index (χ4n) is 3.30. The van der Waals surface area contributed by atoms with Crippen LogP contribution < -0.4 is 0 Å². The number of rotatable bonds is 4. The molecule has 0 radical (unpaired) electrons. The molecule has 2 fully saturated rings. The summed E-state index contributed by atoms with van der Waals surface area (Å²) in [5.74, 6) is 0.222. The number of hydrogen-bond acceptors (Lipinski definition) is 4. The van der Waals surface area contributed by atoms with Crippen LogP contribution in [0.25, 0.3) is 0 Å². The zero-order valence-corrected chi connectivity index (χ0v) is 13.9. The van der Waals surface area contributed by atoms with Crippen LogP contribution in [0.1, 0.15) is 33.6 Å². The smallest absolute Gasteiger partial charge is 0.213 e. The molecule has 0 aromatic carbocycles. The SMILES string of the molecule is CCS(=O)(=O)N1CCN(C2CCN(C(C)C)CC2)CC1. The molecule has 2 saturated heterocycles. The van der Waals surface area contributed by atoms with Crippen molar-refractivity contribution < 1.29 is 8.42 Å². The van der Waals surface area contributed by atoms with Crippen LogP contribution >= 0.6 is 0 Å². The lowest BCUT2D eigenvalue weighted by atomic mass is 10.0. The van der Waals surface area contributed by atoms with E-state index in [2.05, 4.69) is 23.6 Å². The Morgan fingerprint density at radius 1 is 1.00 bits per heavy atom. The van der Waals surface area contributed by atoms with Gasteiger partial charge in [0.25, 0.3) is 0 Å². The molecule has 0 spiro atoms. The van der Waals surface area contributed by atoms with Crippen LogP contribution in [0.3, 0.4) is 0 Å². The number of likely N-dealkylation sites (tertiary alicyclic amines) is 1. The van der Waals surface area contributed by atoms with Crippen molar-refractivity contribution in [2.45, 2.75) is 45.7 Å². The molecule has 0 unspecified atom stereocenters. The van der Waals surface area contributed by atoms with E-state index in [4.69, 9.17) is 0 Å². The first-order valence-corrected chi connectivity index (χ1v) is 9.51. The van der Waals surface area contributed by atoms with E-state index in [0.717, 1.165) is 13.1 Å². The van der Waals surface area contributed by atoms with Gasteiger partial charge in [-0.05, 0) is 46.7 Å². The van der Waals surface area contributed by atoms with Gasteiger partial charge in [-0.2, -0.15) is 4.31 Å². The zero-order chi connectivity index (χ0) is 14.8. The molecular formula is C14H29N3O2S. The number of piperidine rings is 1. The molecule has 6 heteroatoms. The van der Waals surface area contributed by atoms with Gasteiger partial charge in [-0.3, -0.25) is 4.90 Å². The van der Waals surface area contributed by atoms with E-state index >= 15 is 0 Å². The normalized spacial score (nSPS) is 25.4. The molecule has 0 aromatic heterocycles. The molecule has 0 aromatic rings. The number of nitrogens with zero attached hydrogens (tertiary/aromatic N) is 3. The molecule has 5 nitrogen and oxygen atoms in total. The molecule has 0 aliphatic carbocycles. The maximum atomic E-state index is 11.9. The molecule has 20 heavy (non-hydrogen) atoms. The molecule has 118 valence electrons. The molecule has 2 aliphatic heterocycles. The molecule has 0 amide bonds. The van der Waals surface area contributed by atoms with Gasteiger partial charge in [-0.15, -0.1) is 0 Å². The molecule has 0 atom stereocenters. The van der Waals surface area contributed by atoms with E-state index in [0.29, 0.717) is 25.2 Å². The first-order valence-electron chi connectivity index (χ1n) is 7.90. The summed E-state index contributed by atoms with van der Waals surface area (Å²) >= 11 is 0. The average molecular weight is 303 g/mol. The summed E-state index contributed by atoms with van der Waals surface area (Å²) < 4.78 is 25.4. The minimum absolute atomic E-state index is 0.222. The van der Waals surface area contributed by atoms with Crippen LogP contribution in [-0.2, 0) is 10.0 Å². The molecule has 2 rings (SSSR count). The molecular weight excluding hydrogens is 274 g/mol. The third-order valence-corrected chi connectivity index (χ3v) is 6.66. The number of sulfonamides is 1. The lowest BCUT2D eigenvalue weighted by Gasteiger charge is -2.43. The van der Waals surface area contributed by atoms with Gasteiger partial charge in [0.15, 0.2) is 0 Å². The quantitative estimate of drug-likeness (QED) is 0.771. The van der Waals surface area contributed by atoms with Crippen molar-refractivity contribution in [1.82, 2.24) is 14.1 Å². The Kier molecular flexibility index (Phi) is 5.45. The lowest BCUT2D eigenvalue weighted by molar-refractivity contribution is 0.0703. The summed E-state index contributed by atoms with van der Waals surface area (Å²) in [6, 6.07) is 1.29. The van der Waals surface area contributed by atoms with Crippen molar-refractivity contribution in [2.75, 3.05) is 45.0 Å². The minimum Gasteiger partial charge on any atom is -0.301 e. The van der Waals surface area contributed by atoms with Crippen molar-refractivity contribution in [3.63, 3.8) is 0 Å². The van der Waals surface area contributed by atoms with Crippen molar-refractivity contribution in [1.29, 1.82) is 0 Å². The van der Waals surface area contributed by atoms with E-state index in [9.17, 15) is 8.42 Å². The van der Waals surface area contributed by atoms with E-state index in [1.807, 2.05) is 0 Å². The van der Waals surface area contributed by atoms with Crippen LogP contribution in [0, 0.1) is 0 Å². The first kappa shape index (κ1) is 16.2. The first-order chi connectivity index (χ1) is 9.44. The fraction of sp³-hybridized carbons (Fsp3) is 1.00. The van der Waals surface area contributed by atoms with Gasteiger partial charge in [0.05, 0.1) is 5.75 Å². The minimum atomic E-state index is -3.00. The number of piperazine rings is 1. The van der Waals surface area contributed by atoms with Crippen LogP contribution in [0.4, 0.5) is 0 Å². The highest BCUT2D eigenvalue weighted by atomic mass is 32.2. The molecule has 0 saturated carbocycles. The molecule has 2 aliphatic rings. The van der Waals surface area contributed by atoms with Gasteiger partial charge in [0.1, 0.15) is 0 Å². The Balaban J connectivity index is 1.81.